The number of H-pyrrole nitrogens is 1. The van der Waals surface area contributed by atoms with Crippen molar-refractivity contribution in [3.8, 4) is 11.1 Å². The Morgan fingerprint density at radius 2 is 1.85 bits per heavy atom. The maximum absolute atomic E-state index is 4.80. The van der Waals surface area contributed by atoms with Crippen molar-refractivity contribution in [3.05, 3.63) is 67.3 Å². The highest BCUT2D eigenvalue weighted by Gasteiger charge is 2.39. The van der Waals surface area contributed by atoms with Crippen LogP contribution in [0.25, 0.3) is 39.1 Å². The summed E-state index contributed by atoms with van der Waals surface area (Å²) < 4.78 is 1.93. The molecule has 7 nitrogen and oxygen atoms in total. The molecule has 4 aromatic rings. The molecule has 6 rings (SSSR count). The van der Waals surface area contributed by atoms with Gasteiger partial charge in [0.2, 0.25) is 0 Å². The Balaban J connectivity index is 1.31. The number of nitrogens with zero attached hydrogens (tertiary/aromatic N) is 5. The minimum Gasteiger partial charge on any atom is -0.382 e. The Hall–Kier alpha value is -3.58. The van der Waals surface area contributed by atoms with Gasteiger partial charge in [0.25, 0.3) is 0 Å². The molecule has 2 unspecified atom stereocenters. The van der Waals surface area contributed by atoms with Crippen LogP contribution in [0.3, 0.4) is 0 Å². The number of fused-ring (bicyclic) bond motifs is 4. The molecule has 2 fully saturated rings. The summed E-state index contributed by atoms with van der Waals surface area (Å²) in [6.45, 7) is 15.6. The molecule has 2 aliphatic rings. The molecule has 2 saturated heterocycles. The van der Waals surface area contributed by atoms with Gasteiger partial charge in [0.1, 0.15) is 5.65 Å². The van der Waals surface area contributed by atoms with Crippen molar-refractivity contribution >= 4 is 27.9 Å². The van der Waals surface area contributed by atoms with Crippen LogP contribution in [0.1, 0.15) is 63.5 Å². The molecule has 0 amide bonds. The number of pyridine rings is 2. The molecule has 39 heavy (non-hydrogen) atoms. The van der Waals surface area contributed by atoms with E-state index in [9.17, 15) is 0 Å². The molecule has 0 spiro atoms. The zero-order chi connectivity index (χ0) is 27.1. The summed E-state index contributed by atoms with van der Waals surface area (Å²) >= 11 is 0. The van der Waals surface area contributed by atoms with Crippen LogP contribution in [0.4, 0.5) is 0 Å². The molecule has 0 aliphatic carbocycles. The van der Waals surface area contributed by atoms with E-state index >= 15 is 0 Å². The predicted molar refractivity (Wildman–Crippen MR) is 161 cm³/mol. The predicted octanol–water partition coefficient (Wildman–Crippen LogP) is 6.16. The van der Waals surface area contributed by atoms with Crippen LogP contribution in [0.2, 0.25) is 0 Å². The smallest absolute Gasteiger partial charge is 0.137 e. The van der Waals surface area contributed by atoms with Crippen LogP contribution in [0.5, 0.6) is 0 Å². The molecular formula is C32H41N7. The number of aromatic amines is 1. The van der Waals surface area contributed by atoms with Gasteiger partial charge in [-0.05, 0) is 56.5 Å². The molecule has 0 saturated carbocycles. The molecule has 6 heterocycles. The van der Waals surface area contributed by atoms with Gasteiger partial charge < -0.3 is 20.1 Å². The molecule has 0 radical (unpaired) electrons. The van der Waals surface area contributed by atoms with Gasteiger partial charge in [-0.2, -0.15) is 5.10 Å². The zero-order valence-electron chi connectivity index (χ0n) is 23.6. The van der Waals surface area contributed by atoms with Crippen LogP contribution in [0, 0.1) is 0 Å². The molecule has 2 atom stereocenters. The summed E-state index contributed by atoms with van der Waals surface area (Å²) in [5.41, 5.74) is 8.40. The molecule has 204 valence electrons. The largest absolute Gasteiger partial charge is 0.382 e. The molecular weight excluding hydrogens is 482 g/mol. The van der Waals surface area contributed by atoms with Crippen molar-refractivity contribution < 1.29 is 0 Å². The minimum atomic E-state index is 0.437. The quantitative estimate of drug-likeness (QED) is 0.261. The van der Waals surface area contributed by atoms with Crippen molar-refractivity contribution in [2.24, 2.45) is 0 Å². The van der Waals surface area contributed by atoms with Gasteiger partial charge in [-0.3, -0.25) is 0 Å². The minimum absolute atomic E-state index is 0.437. The molecule has 2 bridgehead atoms. The monoisotopic (exact) mass is 523 g/mol. The normalized spacial score (nSPS) is 19.4. The zero-order valence-corrected chi connectivity index (χ0v) is 23.6. The van der Waals surface area contributed by atoms with Crippen molar-refractivity contribution in [2.75, 3.05) is 20.1 Å². The lowest BCUT2D eigenvalue weighted by Gasteiger charge is -2.42. The van der Waals surface area contributed by atoms with Crippen LogP contribution in [-0.4, -0.2) is 67.6 Å². The van der Waals surface area contributed by atoms with E-state index in [1.807, 2.05) is 23.1 Å². The molecule has 2 aliphatic heterocycles. The Morgan fingerprint density at radius 3 is 2.56 bits per heavy atom. The fourth-order valence-electron chi connectivity index (χ4n) is 6.79. The first kappa shape index (κ1) is 25.7. The van der Waals surface area contributed by atoms with Crippen molar-refractivity contribution in [2.45, 2.75) is 70.5 Å². The van der Waals surface area contributed by atoms with Gasteiger partial charge in [-0.25, -0.2) is 9.50 Å². The number of aromatic nitrogens is 4. The van der Waals surface area contributed by atoms with Gasteiger partial charge in [0.05, 0.1) is 11.7 Å². The Morgan fingerprint density at radius 1 is 1.10 bits per heavy atom. The second-order valence-electron chi connectivity index (χ2n) is 11.5. The lowest BCUT2D eigenvalue weighted by atomic mass is 10.0. The number of rotatable bonds is 10. The van der Waals surface area contributed by atoms with Crippen LogP contribution >= 0.6 is 0 Å². The van der Waals surface area contributed by atoms with Gasteiger partial charge in [-0.1, -0.05) is 39.8 Å². The topological polar surface area (TPSA) is 64.5 Å². The molecule has 4 aromatic heterocycles. The fraction of sp³-hybridized carbons (Fsp3) is 0.438. The van der Waals surface area contributed by atoms with Crippen LogP contribution in [0.15, 0.2) is 56.1 Å². The van der Waals surface area contributed by atoms with Gasteiger partial charge >= 0.3 is 0 Å². The first-order valence-electron chi connectivity index (χ1n) is 14.5. The highest BCUT2D eigenvalue weighted by molar-refractivity contribution is 5.96. The Bertz CT molecular complexity index is 1490. The summed E-state index contributed by atoms with van der Waals surface area (Å²) in [5, 5.41) is 9.41. The Labute approximate surface area is 231 Å². The Kier molecular flexibility index (Phi) is 6.94. The molecule has 0 aromatic carbocycles. The number of nitrogens with one attached hydrogen (secondary N) is 2. The van der Waals surface area contributed by atoms with Gasteiger partial charge in [0, 0.05) is 83.3 Å². The van der Waals surface area contributed by atoms with E-state index in [-0.39, 0.29) is 0 Å². The average Bonchev–Trinajstić information content (AvgIpc) is 3.61. The number of likely N-dealkylation sites (tertiary alicyclic amines) is 1. The number of piperazine rings is 1. The molecule has 7 heteroatoms. The maximum Gasteiger partial charge on any atom is 0.137 e. The summed E-state index contributed by atoms with van der Waals surface area (Å²) in [6.07, 6.45) is 15.1. The van der Waals surface area contributed by atoms with Crippen molar-refractivity contribution in [1.82, 2.24) is 34.7 Å². The van der Waals surface area contributed by atoms with E-state index in [2.05, 4.69) is 83.6 Å². The van der Waals surface area contributed by atoms with E-state index in [1.165, 1.54) is 12.8 Å². The van der Waals surface area contributed by atoms with E-state index in [0.717, 1.165) is 89.0 Å². The van der Waals surface area contributed by atoms with E-state index in [0.29, 0.717) is 18.1 Å². The van der Waals surface area contributed by atoms with E-state index in [4.69, 9.17) is 4.98 Å². The first-order chi connectivity index (χ1) is 19.0. The summed E-state index contributed by atoms with van der Waals surface area (Å²) in [7, 11) is 2.23. The molecule has 2 N–H and O–H groups in total. The SMILES string of the molecule is C=C(NC(CCC)CCC)c1cnn2ccc(-c3c[nH]c4ncc(C(=C)N5C6CCC5CN(C)C6)cc34)cc12. The summed E-state index contributed by atoms with van der Waals surface area (Å²) in [4.78, 5) is 13.2. The van der Waals surface area contributed by atoms with E-state index in [1.54, 1.807) is 0 Å². The summed E-state index contributed by atoms with van der Waals surface area (Å²) in [5.74, 6) is 0. The van der Waals surface area contributed by atoms with Gasteiger partial charge in [-0.15, -0.1) is 0 Å². The number of hydrogen-bond donors (Lipinski definition) is 2. The third-order valence-corrected chi connectivity index (χ3v) is 8.65. The highest BCUT2D eigenvalue weighted by Crippen LogP contribution is 2.37. The number of likely N-dealkylation sites (N-methyl/N-ethyl adjacent to an activating group) is 1. The fourth-order valence-corrected chi connectivity index (χ4v) is 6.79. The first-order valence-corrected chi connectivity index (χ1v) is 14.5. The second-order valence-corrected chi connectivity index (χ2v) is 11.5. The lowest BCUT2D eigenvalue weighted by molar-refractivity contribution is 0.136. The lowest BCUT2D eigenvalue weighted by Crippen LogP contribution is -2.51. The van der Waals surface area contributed by atoms with E-state index < -0.39 is 0 Å². The summed E-state index contributed by atoms with van der Waals surface area (Å²) in [6, 6.07) is 8.13. The third kappa shape index (κ3) is 4.73. The average molecular weight is 524 g/mol. The third-order valence-electron chi connectivity index (χ3n) is 8.65. The second kappa shape index (κ2) is 10.5. The maximum atomic E-state index is 4.80. The van der Waals surface area contributed by atoms with Crippen molar-refractivity contribution in [3.63, 3.8) is 0 Å². The standard InChI is InChI=1S/C32H41N7/c1-6-8-25(9-7-2)36-21(3)29-18-35-38-13-12-23(15-31(29)38)30-17-34-32-28(30)14-24(16-33-32)22(4)39-26-10-11-27(39)20-37(5)19-26/h12-18,25-27,36H,3-4,6-11,19-20H2,1-2,5H3,(H,33,34). The van der Waals surface area contributed by atoms with Crippen molar-refractivity contribution in [1.29, 1.82) is 0 Å². The van der Waals surface area contributed by atoms with Gasteiger partial charge in [0.15, 0.2) is 0 Å². The van der Waals surface area contributed by atoms with Crippen LogP contribution < -0.4 is 5.32 Å². The highest BCUT2D eigenvalue weighted by atomic mass is 15.3. The number of hydrogen-bond acceptors (Lipinski definition) is 5. The van der Waals surface area contributed by atoms with Crippen LogP contribution in [-0.2, 0) is 0 Å².